The third kappa shape index (κ3) is 3.47. The number of benzene rings is 1. The van der Waals surface area contributed by atoms with E-state index in [4.69, 9.17) is 4.74 Å². The van der Waals surface area contributed by atoms with Crippen molar-refractivity contribution in [3.05, 3.63) is 29.8 Å². The Morgan fingerprint density at radius 3 is 2.89 bits per heavy atom. The van der Waals surface area contributed by atoms with E-state index in [0.29, 0.717) is 13.1 Å². The molecule has 4 heteroatoms. The maximum atomic E-state index is 12.0. The molecule has 2 atom stereocenters. The predicted molar refractivity (Wildman–Crippen MR) is 73.0 cm³/mol. The predicted octanol–water partition coefficient (Wildman–Crippen LogP) is 1.60. The van der Waals surface area contributed by atoms with E-state index in [9.17, 15) is 9.90 Å². The summed E-state index contributed by atoms with van der Waals surface area (Å²) < 4.78 is 5.54. The van der Waals surface area contributed by atoms with Gasteiger partial charge in [-0.05, 0) is 30.9 Å². The lowest BCUT2D eigenvalue weighted by atomic mass is 9.96. The van der Waals surface area contributed by atoms with Crippen LogP contribution < -0.4 is 4.74 Å². The third-order valence-corrected chi connectivity index (χ3v) is 3.72. The molecule has 4 nitrogen and oxygen atoms in total. The Balaban J connectivity index is 1.87. The number of aryl methyl sites for hydroxylation is 1. The standard InChI is InChI=1S/C15H21NO3/c1-11-7-8-16(9-13(11)17)15(18)10-19-14-6-4-3-5-12(14)2/h3-6,11,13,17H,7-10H2,1-2H3. The summed E-state index contributed by atoms with van der Waals surface area (Å²) in [7, 11) is 0. The van der Waals surface area contributed by atoms with Crippen molar-refractivity contribution in [2.75, 3.05) is 19.7 Å². The first-order valence-electron chi connectivity index (χ1n) is 6.72. The molecule has 0 aromatic heterocycles. The van der Waals surface area contributed by atoms with Crippen molar-refractivity contribution in [2.24, 2.45) is 5.92 Å². The number of ether oxygens (including phenoxy) is 1. The number of para-hydroxylation sites is 1. The first-order valence-corrected chi connectivity index (χ1v) is 6.72. The van der Waals surface area contributed by atoms with E-state index in [1.807, 2.05) is 38.1 Å². The van der Waals surface area contributed by atoms with Crippen molar-refractivity contribution in [3.8, 4) is 5.75 Å². The zero-order valence-electron chi connectivity index (χ0n) is 11.5. The van der Waals surface area contributed by atoms with E-state index >= 15 is 0 Å². The van der Waals surface area contributed by atoms with Gasteiger partial charge in [0.15, 0.2) is 6.61 Å². The highest BCUT2D eigenvalue weighted by Gasteiger charge is 2.27. The van der Waals surface area contributed by atoms with Gasteiger partial charge in [-0.3, -0.25) is 4.79 Å². The van der Waals surface area contributed by atoms with Gasteiger partial charge >= 0.3 is 0 Å². The van der Waals surface area contributed by atoms with Crippen LogP contribution in [0.2, 0.25) is 0 Å². The van der Waals surface area contributed by atoms with Crippen molar-refractivity contribution >= 4 is 5.91 Å². The Labute approximate surface area is 114 Å². The van der Waals surface area contributed by atoms with Crippen LogP contribution in [0.1, 0.15) is 18.9 Å². The highest BCUT2D eigenvalue weighted by molar-refractivity contribution is 5.78. The molecule has 1 aliphatic heterocycles. The zero-order valence-corrected chi connectivity index (χ0v) is 11.5. The second-order valence-corrected chi connectivity index (χ2v) is 5.23. The number of carbonyl (C=O) groups excluding carboxylic acids is 1. The Morgan fingerprint density at radius 1 is 1.47 bits per heavy atom. The molecule has 1 amide bonds. The van der Waals surface area contributed by atoms with Gasteiger partial charge < -0.3 is 14.7 Å². The molecule has 2 unspecified atom stereocenters. The fraction of sp³-hybridized carbons (Fsp3) is 0.533. The Morgan fingerprint density at radius 2 is 2.21 bits per heavy atom. The molecule has 0 spiro atoms. The number of aliphatic hydroxyl groups is 1. The van der Waals surface area contributed by atoms with Crippen LogP contribution in [0.5, 0.6) is 5.75 Å². The van der Waals surface area contributed by atoms with Gasteiger partial charge in [0, 0.05) is 13.1 Å². The van der Waals surface area contributed by atoms with Crippen LogP contribution in [0.15, 0.2) is 24.3 Å². The molecule has 2 rings (SSSR count). The van der Waals surface area contributed by atoms with E-state index in [0.717, 1.165) is 17.7 Å². The largest absolute Gasteiger partial charge is 0.484 e. The average molecular weight is 263 g/mol. The van der Waals surface area contributed by atoms with E-state index in [1.54, 1.807) is 4.90 Å². The van der Waals surface area contributed by atoms with Gasteiger partial charge in [0.25, 0.3) is 5.91 Å². The molecule has 0 bridgehead atoms. The fourth-order valence-electron chi connectivity index (χ4n) is 2.22. The molecule has 1 heterocycles. The summed E-state index contributed by atoms with van der Waals surface area (Å²) in [6.45, 7) is 5.11. The number of nitrogens with zero attached hydrogens (tertiary/aromatic N) is 1. The molecular weight excluding hydrogens is 242 g/mol. The summed E-state index contributed by atoms with van der Waals surface area (Å²) in [5.41, 5.74) is 1.02. The topological polar surface area (TPSA) is 49.8 Å². The van der Waals surface area contributed by atoms with Crippen LogP contribution in [-0.4, -0.2) is 41.7 Å². The number of carbonyl (C=O) groups is 1. The maximum absolute atomic E-state index is 12.0. The summed E-state index contributed by atoms with van der Waals surface area (Å²) in [5, 5.41) is 9.79. The van der Waals surface area contributed by atoms with Crippen LogP contribution in [0.3, 0.4) is 0 Å². The fourth-order valence-corrected chi connectivity index (χ4v) is 2.22. The quantitative estimate of drug-likeness (QED) is 0.901. The second kappa shape index (κ2) is 6.06. The number of piperidine rings is 1. The average Bonchev–Trinajstić information content (AvgIpc) is 2.40. The van der Waals surface area contributed by atoms with Gasteiger partial charge in [-0.2, -0.15) is 0 Å². The summed E-state index contributed by atoms with van der Waals surface area (Å²) in [5.74, 6) is 0.942. The number of likely N-dealkylation sites (tertiary alicyclic amines) is 1. The molecule has 1 aromatic rings. The summed E-state index contributed by atoms with van der Waals surface area (Å²) in [4.78, 5) is 13.7. The van der Waals surface area contributed by atoms with Crippen LogP contribution in [0, 0.1) is 12.8 Å². The zero-order chi connectivity index (χ0) is 13.8. The van der Waals surface area contributed by atoms with E-state index in [1.165, 1.54) is 0 Å². The van der Waals surface area contributed by atoms with Crippen LogP contribution in [0.25, 0.3) is 0 Å². The Hall–Kier alpha value is -1.55. The smallest absolute Gasteiger partial charge is 0.260 e. The lowest BCUT2D eigenvalue weighted by Crippen LogP contribution is -2.47. The molecule has 1 aromatic carbocycles. The van der Waals surface area contributed by atoms with Gasteiger partial charge in [0.05, 0.1) is 6.10 Å². The SMILES string of the molecule is Cc1ccccc1OCC(=O)N1CCC(C)C(O)C1. The van der Waals surface area contributed by atoms with Gasteiger partial charge in [0.2, 0.25) is 0 Å². The molecule has 1 aliphatic rings. The third-order valence-electron chi connectivity index (χ3n) is 3.72. The van der Waals surface area contributed by atoms with Crippen LogP contribution in [0.4, 0.5) is 0 Å². The minimum absolute atomic E-state index is 0.0337. The van der Waals surface area contributed by atoms with Crippen molar-refractivity contribution in [3.63, 3.8) is 0 Å². The number of hydrogen-bond acceptors (Lipinski definition) is 3. The summed E-state index contributed by atoms with van der Waals surface area (Å²) in [6.07, 6.45) is 0.424. The Kier molecular flexibility index (Phi) is 4.43. The summed E-state index contributed by atoms with van der Waals surface area (Å²) in [6, 6.07) is 7.63. The monoisotopic (exact) mass is 263 g/mol. The van der Waals surface area contributed by atoms with Crippen LogP contribution in [-0.2, 0) is 4.79 Å². The van der Waals surface area contributed by atoms with Gasteiger partial charge in [-0.1, -0.05) is 25.1 Å². The van der Waals surface area contributed by atoms with Gasteiger partial charge in [0.1, 0.15) is 5.75 Å². The van der Waals surface area contributed by atoms with Crippen molar-refractivity contribution in [2.45, 2.75) is 26.4 Å². The lowest BCUT2D eigenvalue weighted by molar-refractivity contribution is -0.137. The number of β-amino-alcohol motifs (C(OH)–C–C–N with tert-alkyl or cyclic N) is 1. The maximum Gasteiger partial charge on any atom is 0.260 e. The van der Waals surface area contributed by atoms with E-state index in [2.05, 4.69) is 0 Å². The molecule has 19 heavy (non-hydrogen) atoms. The molecule has 0 aliphatic carbocycles. The molecular formula is C15H21NO3. The molecule has 1 fully saturated rings. The Bertz CT molecular complexity index is 447. The molecule has 1 saturated heterocycles. The minimum Gasteiger partial charge on any atom is -0.484 e. The van der Waals surface area contributed by atoms with Crippen molar-refractivity contribution < 1.29 is 14.6 Å². The number of hydrogen-bond donors (Lipinski definition) is 1. The van der Waals surface area contributed by atoms with Crippen molar-refractivity contribution in [1.29, 1.82) is 0 Å². The van der Waals surface area contributed by atoms with E-state index in [-0.39, 0.29) is 18.4 Å². The number of amides is 1. The molecule has 1 N–H and O–H groups in total. The highest BCUT2D eigenvalue weighted by atomic mass is 16.5. The van der Waals surface area contributed by atoms with Gasteiger partial charge in [-0.25, -0.2) is 0 Å². The van der Waals surface area contributed by atoms with Crippen LogP contribution >= 0.6 is 0 Å². The number of rotatable bonds is 3. The van der Waals surface area contributed by atoms with Crippen molar-refractivity contribution in [1.82, 2.24) is 4.90 Å². The lowest BCUT2D eigenvalue weighted by Gasteiger charge is -2.34. The normalized spacial score (nSPS) is 23.2. The molecule has 104 valence electrons. The first kappa shape index (κ1) is 13.9. The number of aliphatic hydroxyl groups excluding tert-OH is 1. The first-order chi connectivity index (χ1) is 9.08. The molecule has 0 saturated carbocycles. The van der Waals surface area contributed by atoms with Gasteiger partial charge in [-0.15, -0.1) is 0 Å². The summed E-state index contributed by atoms with van der Waals surface area (Å²) >= 11 is 0. The highest BCUT2D eigenvalue weighted by Crippen LogP contribution is 2.18. The van der Waals surface area contributed by atoms with E-state index < -0.39 is 6.10 Å². The second-order valence-electron chi connectivity index (χ2n) is 5.23. The molecule has 0 radical (unpaired) electrons. The minimum atomic E-state index is -0.420.